The van der Waals surface area contributed by atoms with Crippen LogP contribution in [0.25, 0.3) is 0 Å². The molecule has 1 amide bonds. The molecule has 1 unspecified atom stereocenters. The average Bonchev–Trinajstić information content (AvgIpc) is 2.37. The Morgan fingerprint density at radius 1 is 1.52 bits per heavy atom. The fraction of sp³-hybridized carbons (Fsp3) is 0.533. The molecule has 0 fully saturated rings. The lowest BCUT2D eigenvalue weighted by atomic mass is 10.1. The van der Waals surface area contributed by atoms with E-state index in [4.69, 9.17) is 16.3 Å². The molecule has 1 N–H and O–H groups in total. The lowest BCUT2D eigenvalue weighted by molar-refractivity contribution is -0.140. The molecule has 1 aromatic carbocycles. The molecule has 118 valence electrons. The first-order valence-electron chi connectivity index (χ1n) is 6.77. The van der Waals surface area contributed by atoms with E-state index in [1.807, 2.05) is 6.92 Å². The third-order valence-electron chi connectivity index (χ3n) is 2.82. The van der Waals surface area contributed by atoms with Crippen LogP contribution in [0.15, 0.2) is 18.2 Å². The van der Waals surface area contributed by atoms with E-state index in [-0.39, 0.29) is 23.2 Å². The van der Waals surface area contributed by atoms with Crippen LogP contribution in [-0.4, -0.2) is 40.7 Å². The number of likely N-dealkylation sites (N-methyl/N-ethyl adjacent to an activating group) is 1. The predicted molar refractivity (Wildman–Crippen MR) is 80.1 cm³/mol. The molecule has 0 aromatic heterocycles. The van der Waals surface area contributed by atoms with Gasteiger partial charge in [0.2, 0.25) is 0 Å². The normalized spacial score (nSPS) is 12.9. The van der Waals surface area contributed by atoms with Gasteiger partial charge >= 0.3 is 0 Å². The minimum atomic E-state index is -0.987. The van der Waals surface area contributed by atoms with Crippen molar-refractivity contribution in [1.82, 2.24) is 4.90 Å². The number of rotatable bonds is 6. The number of aliphatic hydroxyl groups is 1. The number of ether oxygens (including phenoxy) is 1. The molecule has 0 aliphatic heterocycles. The minimum absolute atomic E-state index is 0.111. The molecule has 1 rings (SSSR count). The van der Waals surface area contributed by atoms with Gasteiger partial charge in [0.1, 0.15) is 11.6 Å². The molecule has 21 heavy (non-hydrogen) atoms. The van der Waals surface area contributed by atoms with E-state index in [2.05, 4.69) is 0 Å². The SMILES string of the molecule is CCN(CC(C)(C)O)C(=O)C(C)Oc1ccc(F)cc1Cl. The summed E-state index contributed by atoms with van der Waals surface area (Å²) in [5, 5.41) is 9.93. The third-order valence-corrected chi connectivity index (χ3v) is 3.11. The van der Waals surface area contributed by atoms with Crippen LogP contribution in [0.5, 0.6) is 5.75 Å². The van der Waals surface area contributed by atoms with Crippen LogP contribution in [-0.2, 0) is 4.79 Å². The predicted octanol–water partition coefficient (Wildman–Crippen LogP) is 2.87. The Morgan fingerprint density at radius 3 is 2.62 bits per heavy atom. The van der Waals surface area contributed by atoms with Gasteiger partial charge in [-0.05, 0) is 45.9 Å². The molecular weight excluding hydrogens is 297 g/mol. The average molecular weight is 318 g/mol. The smallest absolute Gasteiger partial charge is 0.263 e. The number of nitrogens with zero attached hydrogens (tertiary/aromatic N) is 1. The highest BCUT2D eigenvalue weighted by atomic mass is 35.5. The van der Waals surface area contributed by atoms with Crippen LogP contribution in [0.3, 0.4) is 0 Å². The van der Waals surface area contributed by atoms with Crippen LogP contribution < -0.4 is 4.74 Å². The second-order valence-corrected chi connectivity index (χ2v) is 5.91. The zero-order valence-electron chi connectivity index (χ0n) is 12.7. The molecule has 4 nitrogen and oxygen atoms in total. The van der Waals surface area contributed by atoms with Gasteiger partial charge in [0.15, 0.2) is 6.10 Å². The zero-order valence-corrected chi connectivity index (χ0v) is 13.4. The van der Waals surface area contributed by atoms with E-state index in [0.717, 1.165) is 6.07 Å². The third kappa shape index (κ3) is 5.52. The number of hydrogen-bond acceptors (Lipinski definition) is 3. The molecule has 0 heterocycles. The van der Waals surface area contributed by atoms with Gasteiger partial charge in [0, 0.05) is 13.1 Å². The lowest BCUT2D eigenvalue weighted by Crippen LogP contribution is -2.47. The van der Waals surface area contributed by atoms with E-state index >= 15 is 0 Å². The van der Waals surface area contributed by atoms with Crippen LogP contribution in [0.4, 0.5) is 4.39 Å². The standard InChI is InChI=1S/C15H21ClFNO3/c1-5-18(9-15(3,4)20)14(19)10(2)21-13-7-6-11(17)8-12(13)16/h6-8,10,20H,5,9H2,1-4H3. The van der Waals surface area contributed by atoms with Crippen LogP contribution in [0.2, 0.25) is 5.02 Å². The van der Waals surface area contributed by atoms with E-state index in [1.54, 1.807) is 20.8 Å². The Morgan fingerprint density at radius 2 is 2.14 bits per heavy atom. The van der Waals surface area contributed by atoms with Crippen molar-refractivity contribution in [2.75, 3.05) is 13.1 Å². The molecule has 1 atom stereocenters. The van der Waals surface area contributed by atoms with Crippen molar-refractivity contribution in [2.45, 2.75) is 39.4 Å². The molecule has 1 aromatic rings. The van der Waals surface area contributed by atoms with Gasteiger partial charge in [0.05, 0.1) is 10.6 Å². The summed E-state index contributed by atoms with van der Waals surface area (Å²) in [6.45, 7) is 7.33. The maximum atomic E-state index is 13.0. The van der Waals surface area contributed by atoms with E-state index in [9.17, 15) is 14.3 Å². The molecule has 0 radical (unpaired) electrons. The van der Waals surface area contributed by atoms with Gasteiger partial charge in [-0.1, -0.05) is 11.6 Å². The Labute approximate surface area is 129 Å². The van der Waals surface area contributed by atoms with E-state index in [1.165, 1.54) is 17.0 Å². The molecule has 0 aliphatic rings. The summed E-state index contributed by atoms with van der Waals surface area (Å²) in [6.07, 6.45) is -0.782. The van der Waals surface area contributed by atoms with Gasteiger partial charge in [0.25, 0.3) is 5.91 Å². The number of benzene rings is 1. The summed E-state index contributed by atoms with van der Waals surface area (Å²) < 4.78 is 18.5. The fourth-order valence-corrected chi connectivity index (χ4v) is 2.09. The molecule has 0 saturated carbocycles. The highest BCUT2D eigenvalue weighted by Gasteiger charge is 2.26. The van der Waals surface area contributed by atoms with Crippen LogP contribution in [0, 0.1) is 5.82 Å². The Balaban J connectivity index is 2.77. The summed E-state index contributed by atoms with van der Waals surface area (Å²) in [5.74, 6) is -0.484. The lowest BCUT2D eigenvalue weighted by Gasteiger charge is -2.30. The van der Waals surface area contributed by atoms with Crippen molar-refractivity contribution in [3.8, 4) is 5.75 Å². The summed E-state index contributed by atoms with van der Waals surface area (Å²) in [7, 11) is 0. The van der Waals surface area contributed by atoms with Crippen molar-refractivity contribution < 1.29 is 19.0 Å². The Bertz CT molecular complexity index is 502. The van der Waals surface area contributed by atoms with Crippen molar-refractivity contribution >= 4 is 17.5 Å². The highest BCUT2D eigenvalue weighted by Crippen LogP contribution is 2.26. The fourth-order valence-electron chi connectivity index (χ4n) is 1.88. The number of halogens is 2. The minimum Gasteiger partial charge on any atom is -0.479 e. The molecule has 0 bridgehead atoms. The van der Waals surface area contributed by atoms with Crippen molar-refractivity contribution in [2.24, 2.45) is 0 Å². The maximum absolute atomic E-state index is 13.0. The van der Waals surface area contributed by atoms with Crippen molar-refractivity contribution in [1.29, 1.82) is 0 Å². The number of amides is 1. The van der Waals surface area contributed by atoms with E-state index in [0.29, 0.717) is 6.54 Å². The summed E-state index contributed by atoms with van der Waals surface area (Å²) in [5.41, 5.74) is -0.987. The van der Waals surface area contributed by atoms with Gasteiger partial charge in [-0.25, -0.2) is 4.39 Å². The number of hydrogen-bond donors (Lipinski definition) is 1. The van der Waals surface area contributed by atoms with Gasteiger partial charge in [-0.15, -0.1) is 0 Å². The summed E-state index contributed by atoms with van der Waals surface area (Å²) in [6, 6.07) is 3.73. The summed E-state index contributed by atoms with van der Waals surface area (Å²) >= 11 is 5.87. The molecule has 0 spiro atoms. The van der Waals surface area contributed by atoms with Crippen molar-refractivity contribution in [3.63, 3.8) is 0 Å². The van der Waals surface area contributed by atoms with Crippen LogP contribution in [0.1, 0.15) is 27.7 Å². The highest BCUT2D eigenvalue weighted by molar-refractivity contribution is 6.32. The quantitative estimate of drug-likeness (QED) is 0.877. The van der Waals surface area contributed by atoms with Gasteiger partial charge in [-0.3, -0.25) is 4.79 Å². The molecule has 0 saturated heterocycles. The first kappa shape index (κ1) is 17.7. The summed E-state index contributed by atoms with van der Waals surface area (Å²) in [4.78, 5) is 13.8. The first-order valence-corrected chi connectivity index (χ1v) is 7.14. The second kappa shape index (κ2) is 7.09. The monoisotopic (exact) mass is 317 g/mol. The Hall–Kier alpha value is -1.33. The molecular formula is C15H21ClFNO3. The van der Waals surface area contributed by atoms with Gasteiger partial charge < -0.3 is 14.7 Å². The topological polar surface area (TPSA) is 49.8 Å². The van der Waals surface area contributed by atoms with E-state index < -0.39 is 17.5 Å². The van der Waals surface area contributed by atoms with Crippen LogP contribution >= 0.6 is 11.6 Å². The Kier molecular flexibility index (Phi) is 5.98. The number of carbonyl (C=O) groups excluding carboxylic acids is 1. The largest absolute Gasteiger partial charge is 0.479 e. The molecule has 6 heteroatoms. The first-order chi connectivity index (χ1) is 9.64. The van der Waals surface area contributed by atoms with Crippen molar-refractivity contribution in [3.05, 3.63) is 29.0 Å². The molecule has 0 aliphatic carbocycles. The zero-order chi connectivity index (χ0) is 16.2. The van der Waals surface area contributed by atoms with Gasteiger partial charge in [-0.2, -0.15) is 0 Å². The second-order valence-electron chi connectivity index (χ2n) is 5.50. The number of carbonyl (C=O) groups is 1. The maximum Gasteiger partial charge on any atom is 0.263 e.